The standard InChI is InChI=1S/C15H22N2O2/c1-12(17-14-7-9-16-10-8-14)15(18)19-11-13-5-3-2-4-6-13/h2-6,12,14,16-17H,7-11H2,1H3. The van der Waals surface area contributed by atoms with E-state index < -0.39 is 0 Å². The van der Waals surface area contributed by atoms with Crippen LogP contribution in [0, 0.1) is 0 Å². The summed E-state index contributed by atoms with van der Waals surface area (Å²) in [6.07, 6.45) is 2.13. The van der Waals surface area contributed by atoms with Gasteiger partial charge in [0.05, 0.1) is 0 Å². The summed E-state index contributed by atoms with van der Waals surface area (Å²) in [6.45, 7) is 4.25. The second kappa shape index (κ2) is 7.26. The van der Waals surface area contributed by atoms with Crippen LogP contribution in [0.3, 0.4) is 0 Å². The zero-order valence-electron chi connectivity index (χ0n) is 11.4. The lowest BCUT2D eigenvalue weighted by Gasteiger charge is -2.26. The van der Waals surface area contributed by atoms with Crippen LogP contribution in [0.4, 0.5) is 0 Å². The largest absolute Gasteiger partial charge is 0.460 e. The first-order chi connectivity index (χ1) is 9.25. The fraction of sp³-hybridized carbons (Fsp3) is 0.533. The Kier molecular flexibility index (Phi) is 5.36. The van der Waals surface area contributed by atoms with Crippen LogP contribution in [-0.2, 0) is 16.1 Å². The van der Waals surface area contributed by atoms with Crippen LogP contribution in [-0.4, -0.2) is 31.1 Å². The van der Waals surface area contributed by atoms with E-state index in [1.807, 2.05) is 37.3 Å². The van der Waals surface area contributed by atoms with E-state index in [1.165, 1.54) is 0 Å². The number of hydrogen-bond acceptors (Lipinski definition) is 4. The summed E-state index contributed by atoms with van der Waals surface area (Å²) in [7, 11) is 0. The van der Waals surface area contributed by atoms with Gasteiger partial charge in [-0.15, -0.1) is 0 Å². The van der Waals surface area contributed by atoms with E-state index >= 15 is 0 Å². The SMILES string of the molecule is CC(NC1CCNCC1)C(=O)OCc1ccccc1. The molecule has 1 unspecified atom stereocenters. The highest BCUT2D eigenvalue weighted by molar-refractivity contribution is 5.75. The number of hydrogen-bond donors (Lipinski definition) is 2. The van der Waals surface area contributed by atoms with Gasteiger partial charge < -0.3 is 15.4 Å². The van der Waals surface area contributed by atoms with E-state index in [4.69, 9.17) is 4.74 Å². The fourth-order valence-corrected chi connectivity index (χ4v) is 2.26. The maximum Gasteiger partial charge on any atom is 0.323 e. The Hall–Kier alpha value is -1.39. The predicted octanol–water partition coefficient (Wildman–Crippen LogP) is 1.46. The Morgan fingerprint density at radius 2 is 2.05 bits per heavy atom. The lowest BCUT2D eigenvalue weighted by molar-refractivity contribution is -0.147. The molecule has 4 nitrogen and oxygen atoms in total. The van der Waals surface area contributed by atoms with Gasteiger partial charge in [-0.3, -0.25) is 4.79 Å². The minimum Gasteiger partial charge on any atom is -0.460 e. The van der Waals surface area contributed by atoms with E-state index in [0.717, 1.165) is 31.5 Å². The number of carbonyl (C=O) groups is 1. The highest BCUT2D eigenvalue weighted by atomic mass is 16.5. The van der Waals surface area contributed by atoms with Gasteiger partial charge >= 0.3 is 5.97 Å². The van der Waals surface area contributed by atoms with Gasteiger partial charge in [0.25, 0.3) is 0 Å². The van der Waals surface area contributed by atoms with Gasteiger partial charge in [0.15, 0.2) is 0 Å². The van der Waals surface area contributed by atoms with Gasteiger partial charge in [0.1, 0.15) is 12.6 Å². The summed E-state index contributed by atoms with van der Waals surface area (Å²) in [5.41, 5.74) is 1.02. The van der Waals surface area contributed by atoms with Crippen molar-refractivity contribution in [2.45, 2.75) is 38.5 Å². The molecule has 1 atom stereocenters. The van der Waals surface area contributed by atoms with Crippen LogP contribution in [0.25, 0.3) is 0 Å². The summed E-state index contributed by atoms with van der Waals surface area (Å²) in [4.78, 5) is 11.9. The lowest BCUT2D eigenvalue weighted by atomic mass is 10.1. The smallest absolute Gasteiger partial charge is 0.323 e. The molecule has 1 saturated heterocycles. The van der Waals surface area contributed by atoms with Crippen molar-refractivity contribution in [3.05, 3.63) is 35.9 Å². The first-order valence-corrected chi connectivity index (χ1v) is 6.93. The molecule has 1 aromatic carbocycles. The van der Waals surface area contributed by atoms with Crippen molar-refractivity contribution in [3.63, 3.8) is 0 Å². The third-order valence-corrected chi connectivity index (χ3v) is 3.40. The third-order valence-electron chi connectivity index (χ3n) is 3.40. The minimum absolute atomic E-state index is 0.178. The maximum atomic E-state index is 11.9. The Morgan fingerprint density at radius 1 is 1.37 bits per heavy atom. The highest BCUT2D eigenvalue weighted by Gasteiger charge is 2.20. The van der Waals surface area contributed by atoms with Crippen molar-refractivity contribution in [1.29, 1.82) is 0 Å². The molecule has 0 aliphatic carbocycles. The Balaban J connectivity index is 1.72. The number of rotatable bonds is 5. The molecule has 1 aliphatic heterocycles. The molecule has 1 aromatic rings. The Labute approximate surface area is 114 Å². The fourth-order valence-electron chi connectivity index (χ4n) is 2.26. The number of benzene rings is 1. The summed E-state index contributed by atoms with van der Waals surface area (Å²) in [5, 5.41) is 6.65. The van der Waals surface area contributed by atoms with Crippen LogP contribution in [0.1, 0.15) is 25.3 Å². The second-order valence-electron chi connectivity index (χ2n) is 5.01. The zero-order chi connectivity index (χ0) is 13.5. The van der Waals surface area contributed by atoms with Gasteiger partial charge in [-0.25, -0.2) is 0 Å². The van der Waals surface area contributed by atoms with Crippen molar-refractivity contribution in [1.82, 2.24) is 10.6 Å². The van der Waals surface area contributed by atoms with Crippen molar-refractivity contribution >= 4 is 5.97 Å². The van der Waals surface area contributed by atoms with Gasteiger partial charge in [-0.1, -0.05) is 30.3 Å². The van der Waals surface area contributed by atoms with Crippen molar-refractivity contribution in [3.8, 4) is 0 Å². The molecule has 1 heterocycles. The molecule has 0 amide bonds. The molecule has 0 aromatic heterocycles. The zero-order valence-corrected chi connectivity index (χ0v) is 11.4. The van der Waals surface area contributed by atoms with Crippen molar-refractivity contribution < 1.29 is 9.53 Å². The average molecular weight is 262 g/mol. The average Bonchev–Trinajstić information content (AvgIpc) is 2.47. The number of esters is 1. The molecule has 0 spiro atoms. The first-order valence-electron chi connectivity index (χ1n) is 6.93. The molecule has 0 radical (unpaired) electrons. The summed E-state index contributed by atoms with van der Waals surface area (Å²) < 4.78 is 5.31. The molecule has 0 bridgehead atoms. The first kappa shape index (κ1) is 14.0. The quantitative estimate of drug-likeness (QED) is 0.789. The monoisotopic (exact) mass is 262 g/mol. The van der Waals surface area contributed by atoms with E-state index in [-0.39, 0.29) is 12.0 Å². The van der Waals surface area contributed by atoms with Crippen LogP contribution in [0.5, 0.6) is 0 Å². The minimum atomic E-state index is -0.244. The number of nitrogens with one attached hydrogen (secondary N) is 2. The number of ether oxygens (including phenoxy) is 1. The molecule has 4 heteroatoms. The molecule has 104 valence electrons. The van der Waals surface area contributed by atoms with Gasteiger partial charge in [-0.05, 0) is 38.4 Å². The van der Waals surface area contributed by atoms with Gasteiger partial charge in [0, 0.05) is 6.04 Å². The molecule has 0 saturated carbocycles. The van der Waals surface area contributed by atoms with Crippen molar-refractivity contribution in [2.75, 3.05) is 13.1 Å². The van der Waals surface area contributed by atoms with Crippen molar-refractivity contribution in [2.24, 2.45) is 0 Å². The van der Waals surface area contributed by atoms with Crippen LogP contribution < -0.4 is 10.6 Å². The van der Waals surface area contributed by atoms with E-state index in [0.29, 0.717) is 12.6 Å². The normalized spacial score (nSPS) is 17.9. The summed E-state index contributed by atoms with van der Waals surface area (Å²) in [6, 6.07) is 9.93. The third kappa shape index (κ3) is 4.65. The Bertz CT molecular complexity index is 388. The molecular formula is C15H22N2O2. The second-order valence-corrected chi connectivity index (χ2v) is 5.01. The molecule has 1 fully saturated rings. The summed E-state index contributed by atoms with van der Waals surface area (Å²) in [5.74, 6) is -0.178. The van der Waals surface area contributed by atoms with E-state index in [1.54, 1.807) is 0 Å². The van der Waals surface area contributed by atoms with Crippen LogP contribution >= 0.6 is 0 Å². The molecule has 19 heavy (non-hydrogen) atoms. The maximum absolute atomic E-state index is 11.9. The molecule has 2 rings (SSSR count). The van der Waals surface area contributed by atoms with Gasteiger partial charge in [0.2, 0.25) is 0 Å². The summed E-state index contributed by atoms with van der Waals surface area (Å²) >= 11 is 0. The molecule has 1 aliphatic rings. The highest BCUT2D eigenvalue weighted by Crippen LogP contribution is 2.05. The predicted molar refractivity (Wildman–Crippen MR) is 74.7 cm³/mol. The Morgan fingerprint density at radius 3 is 2.74 bits per heavy atom. The molecular weight excluding hydrogens is 240 g/mol. The number of carbonyl (C=O) groups excluding carboxylic acids is 1. The topological polar surface area (TPSA) is 50.4 Å². The lowest BCUT2D eigenvalue weighted by Crippen LogP contribution is -2.46. The van der Waals surface area contributed by atoms with Crippen LogP contribution in [0.2, 0.25) is 0 Å². The number of piperidine rings is 1. The van der Waals surface area contributed by atoms with Gasteiger partial charge in [-0.2, -0.15) is 0 Å². The van der Waals surface area contributed by atoms with E-state index in [2.05, 4.69) is 10.6 Å². The van der Waals surface area contributed by atoms with Crippen LogP contribution in [0.15, 0.2) is 30.3 Å². The molecule has 2 N–H and O–H groups in total. The van der Waals surface area contributed by atoms with E-state index in [9.17, 15) is 4.79 Å².